The van der Waals surface area contributed by atoms with Crippen molar-refractivity contribution >= 4 is 11.9 Å². The summed E-state index contributed by atoms with van der Waals surface area (Å²) in [4.78, 5) is 21.2. The van der Waals surface area contributed by atoms with Crippen LogP contribution in [0.2, 0.25) is 0 Å². The monoisotopic (exact) mass is 336 g/mol. The number of hydrogen-bond donors (Lipinski definition) is 2. The predicted molar refractivity (Wildman–Crippen MR) is 86.3 cm³/mol. The van der Waals surface area contributed by atoms with Gasteiger partial charge in [-0.25, -0.2) is 0 Å². The third-order valence-electron chi connectivity index (χ3n) is 3.96. The zero-order valence-corrected chi connectivity index (χ0v) is 15.2. The topological polar surface area (TPSA) is 97.7 Å². The van der Waals surface area contributed by atoms with Crippen molar-refractivity contribution in [3.05, 3.63) is 12.2 Å². The van der Waals surface area contributed by atoms with E-state index in [1.807, 2.05) is 0 Å². The molecule has 0 fully saturated rings. The van der Waals surface area contributed by atoms with Crippen LogP contribution in [0.15, 0.2) is 12.2 Å². The molecule has 1 unspecified atom stereocenters. The second-order valence-electron chi connectivity index (χ2n) is 6.03. The molecule has 0 saturated heterocycles. The van der Waals surface area contributed by atoms with E-state index in [-0.39, 0.29) is 38.4 Å². The summed E-state index contributed by atoms with van der Waals surface area (Å²) in [5.41, 5.74) is 0. The second kappa shape index (κ2) is 15.7. The molecular formula is C17H31LiNO5+. The number of nitrogens with zero attached hydrogens (tertiary/aromatic N) is 1. The molecule has 0 aliphatic rings. The van der Waals surface area contributed by atoms with Crippen LogP contribution < -0.4 is 24.0 Å². The number of aliphatic hydroxyl groups is 1. The SMILES string of the molecule is CCC/C=C/CCC[N+](CO)(CCCC(=O)[O-])CCCC(=O)O.[Li+]. The van der Waals surface area contributed by atoms with Gasteiger partial charge in [-0.05, 0) is 19.3 Å². The zero-order valence-electron chi connectivity index (χ0n) is 15.2. The van der Waals surface area contributed by atoms with Crippen LogP contribution in [0.25, 0.3) is 0 Å². The summed E-state index contributed by atoms with van der Waals surface area (Å²) in [6, 6.07) is 0. The molecule has 0 aliphatic heterocycles. The first-order valence-electron chi connectivity index (χ1n) is 8.48. The number of hydrogen-bond acceptors (Lipinski definition) is 4. The molecule has 2 N–H and O–H groups in total. The van der Waals surface area contributed by atoms with E-state index in [4.69, 9.17) is 5.11 Å². The second-order valence-corrected chi connectivity index (χ2v) is 6.03. The van der Waals surface area contributed by atoms with E-state index in [0.717, 1.165) is 32.2 Å². The summed E-state index contributed by atoms with van der Waals surface area (Å²) in [5, 5.41) is 29.1. The van der Waals surface area contributed by atoms with Crippen molar-refractivity contribution in [1.29, 1.82) is 0 Å². The van der Waals surface area contributed by atoms with Crippen LogP contribution >= 0.6 is 0 Å². The summed E-state index contributed by atoms with van der Waals surface area (Å²) < 4.78 is 0.363. The van der Waals surface area contributed by atoms with Gasteiger partial charge >= 0.3 is 24.8 Å². The zero-order chi connectivity index (χ0) is 17.6. The largest absolute Gasteiger partial charge is 1.00 e. The Hall–Kier alpha value is -0.803. The summed E-state index contributed by atoms with van der Waals surface area (Å²) in [5.74, 6) is -1.94. The van der Waals surface area contributed by atoms with Crippen LogP contribution in [0.3, 0.4) is 0 Å². The summed E-state index contributed by atoms with van der Waals surface area (Å²) in [6.45, 7) is 3.83. The van der Waals surface area contributed by atoms with Gasteiger partial charge in [-0.3, -0.25) is 4.79 Å². The van der Waals surface area contributed by atoms with Gasteiger partial charge in [0.2, 0.25) is 0 Å². The van der Waals surface area contributed by atoms with E-state index < -0.39 is 11.9 Å². The van der Waals surface area contributed by atoms with E-state index in [0.29, 0.717) is 30.4 Å². The first kappa shape index (κ1) is 25.4. The van der Waals surface area contributed by atoms with Crippen molar-refractivity contribution in [2.24, 2.45) is 0 Å². The Bertz CT molecular complexity index is 354. The van der Waals surface area contributed by atoms with E-state index in [1.54, 1.807) is 0 Å². The van der Waals surface area contributed by atoms with Crippen molar-refractivity contribution in [2.75, 3.05) is 26.4 Å². The van der Waals surface area contributed by atoms with Crippen molar-refractivity contribution < 1.29 is 48.3 Å². The van der Waals surface area contributed by atoms with Gasteiger partial charge in [0.1, 0.15) is 0 Å². The van der Waals surface area contributed by atoms with Crippen LogP contribution in [0, 0.1) is 0 Å². The van der Waals surface area contributed by atoms with Crippen LogP contribution in [-0.4, -0.2) is 53.0 Å². The van der Waals surface area contributed by atoms with E-state index in [1.165, 1.54) is 0 Å². The molecule has 0 bridgehead atoms. The van der Waals surface area contributed by atoms with Crippen LogP contribution in [0.1, 0.15) is 58.3 Å². The average Bonchev–Trinajstić information content (AvgIpc) is 2.49. The van der Waals surface area contributed by atoms with Crippen LogP contribution in [0.4, 0.5) is 0 Å². The van der Waals surface area contributed by atoms with Gasteiger partial charge < -0.3 is 24.6 Å². The first-order valence-corrected chi connectivity index (χ1v) is 8.48. The van der Waals surface area contributed by atoms with E-state index in [9.17, 15) is 19.8 Å². The first-order chi connectivity index (χ1) is 11.0. The molecule has 0 rings (SSSR count). The fourth-order valence-electron chi connectivity index (χ4n) is 2.62. The standard InChI is InChI=1S/C17H31NO5.Li/c1-2-3-4-5-6-7-12-18(15-19,13-8-10-16(20)21)14-9-11-17(22)23;/h4-5,19H,2-3,6-15H2,1H3,(H-,20,21,22,23);/q;+1/b5-4+;. The number of carbonyl (C=O) groups excluding carboxylic acids is 1. The van der Waals surface area contributed by atoms with E-state index in [2.05, 4.69) is 19.1 Å². The number of carboxylic acids is 2. The molecule has 0 aromatic carbocycles. The number of rotatable bonds is 15. The fourth-order valence-corrected chi connectivity index (χ4v) is 2.62. The van der Waals surface area contributed by atoms with Gasteiger partial charge in [-0.1, -0.05) is 25.5 Å². The third kappa shape index (κ3) is 13.6. The van der Waals surface area contributed by atoms with Gasteiger partial charge in [0.25, 0.3) is 0 Å². The Kier molecular flexibility index (Phi) is 16.7. The molecule has 0 saturated carbocycles. The van der Waals surface area contributed by atoms with Crippen molar-refractivity contribution in [3.63, 3.8) is 0 Å². The Morgan fingerprint density at radius 3 is 2.04 bits per heavy atom. The average molecular weight is 336 g/mol. The Morgan fingerprint density at radius 1 is 1.00 bits per heavy atom. The Morgan fingerprint density at radius 2 is 1.54 bits per heavy atom. The molecule has 0 aromatic heterocycles. The maximum Gasteiger partial charge on any atom is 1.00 e. The van der Waals surface area contributed by atoms with Gasteiger partial charge in [-0.2, -0.15) is 0 Å². The number of aliphatic hydroxyl groups excluding tert-OH is 1. The number of aliphatic carboxylic acids is 2. The molecule has 0 aromatic rings. The maximum atomic E-state index is 10.7. The quantitative estimate of drug-likeness (QED) is 0.122. The molecule has 0 radical (unpaired) electrons. The number of unbranched alkanes of at least 4 members (excludes halogenated alkanes) is 2. The number of carbonyl (C=O) groups is 2. The molecule has 134 valence electrons. The van der Waals surface area contributed by atoms with Crippen molar-refractivity contribution in [1.82, 2.24) is 0 Å². The predicted octanol–water partition coefficient (Wildman–Crippen LogP) is -1.71. The molecule has 24 heavy (non-hydrogen) atoms. The maximum absolute atomic E-state index is 10.7. The molecule has 1 atom stereocenters. The van der Waals surface area contributed by atoms with E-state index >= 15 is 0 Å². The number of carboxylic acid groups (broad SMARTS) is 2. The molecule has 0 heterocycles. The molecular weight excluding hydrogens is 305 g/mol. The normalized spacial score (nSPS) is 13.4. The van der Waals surface area contributed by atoms with Gasteiger partial charge in [-0.15, -0.1) is 0 Å². The fraction of sp³-hybridized carbons (Fsp3) is 0.765. The number of allylic oxidation sites excluding steroid dienone is 2. The minimum atomic E-state index is -1.09. The Balaban J connectivity index is 0. The molecule has 0 spiro atoms. The molecule has 0 aliphatic carbocycles. The minimum absolute atomic E-state index is 0. The van der Waals surface area contributed by atoms with Crippen LogP contribution in [-0.2, 0) is 9.59 Å². The molecule has 0 amide bonds. The molecule has 6 nitrogen and oxygen atoms in total. The van der Waals surface area contributed by atoms with Crippen molar-refractivity contribution in [2.45, 2.75) is 58.3 Å². The Labute approximate surface area is 157 Å². The molecule has 7 heteroatoms. The summed E-state index contributed by atoms with van der Waals surface area (Å²) in [7, 11) is 0. The van der Waals surface area contributed by atoms with Gasteiger partial charge in [0.15, 0.2) is 6.73 Å². The summed E-state index contributed by atoms with van der Waals surface area (Å²) in [6.07, 6.45) is 9.21. The van der Waals surface area contributed by atoms with Crippen LogP contribution in [0.5, 0.6) is 0 Å². The van der Waals surface area contributed by atoms with Gasteiger partial charge in [0, 0.05) is 25.2 Å². The van der Waals surface area contributed by atoms with Crippen molar-refractivity contribution in [3.8, 4) is 0 Å². The van der Waals surface area contributed by atoms with Gasteiger partial charge in [0.05, 0.1) is 26.1 Å². The third-order valence-corrected chi connectivity index (χ3v) is 3.96. The minimum Gasteiger partial charge on any atom is -0.550 e. The number of quaternary nitrogens is 1. The smallest absolute Gasteiger partial charge is 0.550 e. The summed E-state index contributed by atoms with van der Waals surface area (Å²) >= 11 is 0.